The summed E-state index contributed by atoms with van der Waals surface area (Å²) >= 11 is 0. The molecule has 1 rings (SSSR count). The highest BCUT2D eigenvalue weighted by molar-refractivity contribution is 5.89. The Hall–Kier alpha value is -1.71. The Morgan fingerprint density at radius 1 is 1.29 bits per heavy atom. The maximum atomic E-state index is 11.9. The highest BCUT2D eigenvalue weighted by atomic mass is 16.3. The molecule has 2 amide bonds. The van der Waals surface area contributed by atoms with E-state index in [4.69, 9.17) is 0 Å². The number of hydrogen-bond acceptors (Lipinski definition) is 2. The average molecular weight is 236 g/mol. The molecule has 0 saturated heterocycles. The van der Waals surface area contributed by atoms with Gasteiger partial charge >= 0.3 is 6.03 Å². The minimum absolute atomic E-state index is 0.112. The van der Waals surface area contributed by atoms with E-state index in [9.17, 15) is 9.90 Å². The van der Waals surface area contributed by atoms with Crippen LogP contribution < -0.4 is 5.32 Å². The number of phenols is 1. The van der Waals surface area contributed by atoms with Crippen LogP contribution in [0.25, 0.3) is 0 Å². The topological polar surface area (TPSA) is 52.6 Å². The van der Waals surface area contributed by atoms with E-state index >= 15 is 0 Å². The molecule has 0 atom stereocenters. The lowest BCUT2D eigenvalue weighted by molar-refractivity contribution is 0.211. The molecule has 0 aliphatic rings. The number of carbonyl (C=O) groups is 1. The summed E-state index contributed by atoms with van der Waals surface area (Å²) in [5.74, 6) is 0.153. The third-order valence-corrected chi connectivity index (χ3v) is 2.37. The number of rotatable bonds is 5. The van der Waals surface area contributed by atoms with Crippen molar-refractivity contribution in [3.63, 3.8) is 0 Å². The zero-order valence-electron chi connectivity index (χ0n) is 10.4. The van der Waals surface area contributed by atoms with Crippen LogP contribution in [-0.2, 0) is 0 Å². The number of benzene rings is 1. The molecule has 0 fully saturated rings. The lowest BCUT2D eigenvalue weighted by atomic mass is 10.3. The summed E-state index contributed by atoms with van der Waals surface area (Å²) in [5, 5.41) is 12.1. The molecule has 0 spiro atoms. The number of urea groups is 1. The van der Waals surface area contributed by atoms with Crippen LogP contribution in [0.4, 0.5) is 10.5 Å². The molecule has 0 aliphatic carbocycles. The summed E-state index contributed by atoms with van der Waals surface area (Å²) in [7, 11) is 0. The minimum atomic E-state index is -0.112. The molecular formula is C13H20N2O2. The van der Waals surface area contributed by atoms with Crippen molar-refractivity contribution >= 4 is 11.7 Å². The summed E-state index contributed by atoms with van der Waals surface area (Å²) in [4.78, 5) is 13.7. The molecule has 1 aromatic carbocycles. The Morgan fingerprint density at radius 3 is 2.47 bits per heavy atom. The molecule has 0 radical (unpaired) electrons. The first-order valence-corrected chi connectivity index (χ1v) is 6.02. The van der Waals surface area contributed by atoms with Gasteiger partial charge in [0.15, 0.2) is 0 Å². The molecule has 94 valence electrons. The highest BCUT2D eigenvalue weighted by Crippen LogP contribution is 2.15. The molecule has 0 unspecified atom stereocenters. The van der Waals surface area contributed by atoms with Crippen molar-refractivity contribution in [3.8, 4) is 5.75 Å². The van der Waals surface area contributed by atoms with Gasteiger partial charge in [0.05, 0.1) is 0 Å². The summed E-state index contributed by atoms with van der Waals surface area (Å²) < 4.78 is 0. The van der Waals surface area contributed by atoms with E-state index in [1.807, 2.05) is 13.8 Å². The molecule has 0 heterocycles. The van der Waals surface area contributed by atoms with Crippen LogP contribution in [0, 0.1) is 0 Å². The molecule has 4 heteroatoms. The number of phenolic OH excluding ortho intramolecular Hbond substituents is 1. The number of hydrogen-bond donors (Lipinski definition) is 2. The quantitative estimate of drug-likeness (QED) is 0.825. The SMILES string of the molecule is CCCN(CCC)C(=O)Nc1cccc(O)c1. The molecule has 0 saturated carbocycles. The largest absolute Gasteiger partial charge is 0.508 e. The van der Waals surface area contributed by atoms with Crippen molar-refractivity contribution in [2.24, 2.45) is 0 Å². The second-order valence-corrected chi connectivity index (χ2v) is 3.97. The van der Waals surface area contributed by atoms with E-state index in [1.165, 1.54) is 6.07 Å². The predicted molar refractivity (Wildman–Crippen MR) is 69.3 cm³/mol. The van der Waals surface area contributed by atoms with Crippen LogP contribution in [0.2, 0.25) is 0 Å². The molecule has 0 bridgehead atoms. The van der Waals surface area contributed by atoms with Crippen LogP contribution >= 0.6 is 0 Å². The third kappa shape index (κ3) is 4.34. The summed E-state index contributed by atoms with van der Waals surface area (Å²) in [5.41, 5.74) is 0.618. The van der Waals surface area contributed by atoms with Gasteiger partial charge in [0.25, 0.3) is 0 Å². The third-order valence-electron chi connectivity index (χ3n) is 2.37. The molecular weight excluding hydrogens is 216 g/mol. The van der Waals surface area contributed by atoms with Crippen molar-refractivity contribution in [2.75, 3.05) is 18.4 Å². The Balaban J connectivity index is 2.62. The minimum Gasteiger partial charge on any atom is -0.508 e. The van der Waals surface area contributed by atoms with Gasteiger partial charge in [-0.1, -0.05) is 19.9 Å². The Morgan fingerprint density at radius 2 is 1.94 bits per heavy atom. The monoisotopic (exact) mass is 236 g/mol. The standard InChI is InChI=1S/C13H20N2O2/c1-3-8-15(9-4-2)13(17)14-11-6-5-7-12(16)10-11/h5-7,10,16H,3-4,8-9H2,1-2H3,(H,14,17). The number of amides is 2. The molecule has 0 aliphatic heterocycles. The second kappa shape index (κ2) is 6.78. The lowest BCUT2D eigenvalue weighted by Crippen LogP contribution is -2.36. The predicted octanol–water partition coefficient (Wildman–Crippen LogP) is 3.05. The molecule has 1 aromatic rings. The van der Waals surface area contributed by atoms with Gasteiger partial charge in [-0.3, -0.25) is 0 Å². The van der Waals surface area contributed by atoms with E-state index in [2.05, 4.69) is 5.32 Å². The molecule has 2 N–H and O–H groups in total. The van der Waals surface area contributed by atoms with Crippen LogP contribution in [0.15, 0.2) is 24.3 Å². The first-order chi connectivity index (χ1) is 8.17. The van der Waals surface area contributed by atoms with Gasteiger partial charge in [0, 0.05) is 24.8 Å². The first-order valence-electron chi connectivity index (χ1n) is 6.02. The van der Waals surface area contributed by atoms with Gasteiger partial charge in [-0.05, 0) is 25.0 Å². The van der Waals surface area contributed by atoms with Gasteiger partial charge in [0.2, 0.25) is 0 Å². The Bertz CT molecular complexity index is 360. The molecule has 0 aromatic heterocycles. The van der Waals surface area contributed by atoms with Crippen molar-refractivity contribution in [1.82, 2.24) is 4.90 Å². The van der Waals surface area contributed by atoms with Crippen LogP contribution in [0.1, 0.15) is 26.7 Å². The van der Waals surface area contributed by atoms with Crippen molar-refractivity contribution < 1.29 is 9.90 Å². The maximum Gasteiger partial charge on any atom is 0.321 e. The van der Waals surface area contributed by atoms with Crippen molar-refractivity contribution in [2.45, 2.75) is 26.7 Å². The molecule has 4 nitrogen and oxygen atoms in total. The second-order valence-electron chi connectivity index (χ2n) is 3.97. The van der Waals surface area contributed by atoms with E-state index in [0.717, 1.165) is 25.9 Å². The fourth-order valence-corrected chi connectivity index (χ4v) is 1.64. The number of nitrogens with zero attached hydrogens (tertiary/aromatic N) is 1. The van der Waals surface area contributed by atoms with E-state index in [0.29, 0.717) is 5.69 Å². The van der Waals surface area contributed by atoms with Crippen LogP contribution in [0.3, 0.4) is 0 Å². The summed E-state index contributed by atoms with van der Waals surface area (Å²) in [6, 6.07) is 6.46. The van der Waals surface area contributed by atoms with Gasteiger partial charge in [-0.25, -0.2) is 4.79 Å². The smallest absolute Gasteiger partial charge is 0.321 e. The fraction of sp³-hybridized carbons (Fsp3) is 0.462. The van der Waals surface area contributed by atoms with E-state index < -0.39 is 0 Å². The van der Waals surface area contributed by atoms with Crippen molar-refractivity contribution in [3.05, 3.63) is 24.3 Å². The first kappa shape index (κ1) is 13.4. The summed E-state index contributed by atoms with van der Waals surface area (Å²) in [6.45, 7) is 5.59. The maximum absolute atomic E-state index is 11.9. The number of aromatic hydroxyl groups is 1. The Kier molecular flexibility index (Phi) is 5.33. The normalized spacial score (nSPS) is 10.0. The number of nitrogens with one attached hydrogen (secondary N) is 1. The van der Waals surface area contributed by atoms with Crippen molar-refractivity contribution in [1.29, 1.82) is 0 Å². The zero-order chi connectivity index (χ0) is 12.7. The fourth-order valence-electron chi connectivity index (χ4n) is 1.64. The van der Waals surface area contributed by atoms with E-state index in [1.54, 1.807) is 23.1 Å². The average Bonchev–Trinajstić information content (AvgIpc) is 2.28. The molecule has 17 heavy (non-hydrogen) atoms. The van der Waals surface area contributed by atoms with Gasteiger partial charge in [0.1, 0.15) is 5.75 Å². The van der Waals surface area contributed by atoms with Gasteiger partial charge < -0.3 is 15.3 Å². The van der Waals surface area contributed by atoms with Crippen LogP contribution in [0.5, 0.6) is 5.75 Å². The Labute approximate surface area is 102 Å². The number of carbonyl (C=O) groups excluding carboxylic acids is 1. The zero-order valence-corrected chi connectivity index (χ0v) is 10.4. The van der Waals surface area contributed by atoms with E-state index in [-0.39, 0.29) is 11.8 Å². The van der Waals surface area contributed by atoms with Gasteiger partial charge in [-0.15, -0.1) is 0 Å². The highest BCUT2D eigenvalue weighted by Gasteiger charge is 2.11. The number of anilines is 1. The van der Waals surface area contributed by atoms with Crippen LogP contribution in [-0.4, -0.2) is 29.1 Å². The van der Waals surface area contributed by atoms with Gasteiger partial charge in [-0.2, -0.15) is 0 Å². The lowest BCUT2D eigenvalue weighted by Gasteiger charge is -2.21. The summed E-state index contributed by atoms with van der Waals surface area (Å²) in [6.07, 6.45) is 1.88.